The Morgan fingerprint density at radius 2 is 1.61 bits per heavy atom. The van der Waals surface area contributed by atoms with Crippen LogP contribution in [0.2, 0.25) is 0 Å². The lowest BCUT2D eigenvalue weighted by Gasteiger charge is -2.24. The first kappa shape index (κ1) is 28.2. The van der Waals surface area contributed by atoms with Gasteiger partial charge in [-0.05, 0) is 75.0 Å². The molecule has 2 heterocycles. The van der Waals surface area contributed by atoms with Crippen molar-refractivity contribution in [2.45, 2.75) is 44.8 Å². The molecular weight excluding hydrogens is 484 g/mol. The Morgan fingerprint density at radius 3 is 2.37 bits per heavy atom. The van der Waals surface area contributed by atoms with Crippen molar-refractivity contribution in [1.82, 2.24) is 9.80 Å². The SMILES string of the molecule is COc1cc2cc(c1OC)OCCCC(OC(=O)c1ccccc1)CCN1CCCN(CCCOC2)CC1. The minimum atomic E-state index is -0.268. The van der Waals surface area contributed by atoms with Crippen LogP contribution in [0.15, 0.2) is 42.5 Å². The lowest BCUT2D eigenvalue weighted by molar-refractivity contribution is 0.0222. The number of hydrogen-bond donors (Lipinski definition) is 0. The molecule has 3 atom stereocenters. The van der Waals surface area contributed by atoms with E-state index in [-0.39, 0.29) is 12.1 Å². The van der Waals surface area contributed by atoms with Gasteiger partial charge in [-0.15, -0.1) is 0 Å². The number of ether oxygens (including phenoxy) is 5. The molecule has 2 aromatic rings. The number of carbonyl (C=O) groups excluding carboxylic acids is 1. The molecule has 38 heavy (non-hydrogen) atoms. The summed E-state index contributed by atoms with van der Waals surface area (Å²) in [4.78, 5) is 17.9. The van der Waals surface area contributed by atoms with Gasteiger partial charge in [0.05, 0.1) is 33.0 Å². The number of esters is 1. The van der Waals surface area contributed by atoms with E-state index in [0.29, 0.717) is 42.6 Å². The molecule has 208 valence electrons. The van der Waals surface area contributed by atoms with Gasteiger partial charge in [-0.25, -0.2) is 4.79 Å². The number of carbonyl (C=O) groups is 1. The fourth-order valence-electron chi connectivity index (χ4n) is 5.10. The van der Waals surface area contributed by atoms with E-state index in [1.807, 2.05) is 30.3 Å². The number of nitrogens with zero attached hydrogens (tertiary/aromatic N) is 2. The number of hydrogen-bond acceptors (Lipinski definition) is 8. The second-order valence-corrected chi connectivity index (χ2v) is 9.95. The zero-order chi connectivity index (χ0) is 26.6. The van der Waals surface area contributed by atoms with Gasteiger partial charge in [0, 0.05) is 32.8 Å². The maximum absolute atomic E-state index is 12.8. The van der Waals surface area contributed by atoms with E-state index in [4.69, 9.17) is 23.7 Å². The van der Waals surface area contributed by atoms with Crippen molar-refractivity contribution in [3.05, 3.63) is 53.6 Å². The van der Waals surface area contributed by atoms with Gasteiger partial charge < -0.3 is 33.5 Å². The van der Waals surface area contributed by atoms with Crippen LogP contribution >= 0.6 is 0 Å². The van der Waals surface area contributed by atoms with Gasteiger partial charge in [0.1, 0.15) is 6.10 Å². The summed E-state index contributed by atoms with van der Waals surface area (Å²) in [5.41, 5.74) is 1.57. The van der Waals surface area contributed by atoms with E-state index in [9.17, 15) is 4.79 Å². The summed E-state index contributed by atoms with van der Waals surface area (Å²) in [7, 11) is 3.24. The van der Waals surface area contributed by atoms with Crippen LogP contribution in [-0.4, -0.2) is 88.6 Å². The monoisotopic (exact) mass is 526 g/mol. The first-order valence-electron chi connectivity index (χ1n) is 13.8. The van der Waals surface area contributed by atoms with Gasteiger partial charge in [-0.3, -0.25) is 0 Å². The molecular formula is C30H42N2O6. The molecule has 0 amide bonds. The first-order chi connectivity index (χ1) is 18.7. The normalized spacial score (nSPS) is 23.6. The second-order valence-electron chi connectivity index (χ2n) is 9.95. The molecule has 0 aliphatic carbocycles. The predicted octanol–water partition coefficient (Wildman–Crippen LogP) is 4.41. The third kappa shape index (κ3) is 8.35. The van der Waals surface area contributed by atoms with Crippen molar-refractivity contribution >= 4 is 5.97 Å². The number of benzene rings is 2. The molecule has 0 N–H and O–H groups in total. The maximum Gasteiger partial charge on any atom is 0.338 e. The third-order valence-electron chi connectivity index (χ3n) is 7.20. The summed E-state index contributed by atoms with van der Waals surface area (Å²) < 4.78 is 29.3. The molecule has 1 fully saturated rings. The maximum atomic E-state index is 12.8. The average molecular weight is 527 g/mol. The third-order valence-corrected chi connectivity index (χ3v) is 7.20. The predicted molar refractivity (Wildman–Crippen MR) is 146 cm³/mol. The van der Waals surface area contributed by atoms with Gasteiger partial charge in [-0.1, -0.05) is 18.2 Å². The Kier molecular flexibility index (Phi) is 11.1. The number of rotatable bonds is 4. The van der Waals surface area contributed by atoms with Gasteiger partial charge in [0.25, 0.3) is 0 Å². The van der Waals surface area contributed by atoms with Crippen molar-refractivity contribution in [2.24, 2.45) is 0 Å². The van der Waals surface area contributed by atoms with E-state index < -0.39 is 0 Å². The molecule has 0 spiro atoms. The van der Waals surface area contributed by atoms with E-state index >= 15 is 0 Å². The van der Waals surface area contributed by atoms with Crippen LogP contribution in [0.3, 0.4) is 0 Å². The Balaban J connectivity index is 1.47. The molecule has 1 saturated heterocycles. The summed E-state index contributed by atoms with van der Waals surface area (Å²) >= 11 is 0. The van der Waals surface area contributed by atoms with E-state index in [1.54, 1.807) is 26.4 Å². The molecule has 4 rings (SSSR count). The van der Waals surface area contributed by atoms with Crippen LogP contribution in [0, 0.1) is 0 Å². The molecule has 0 aromatic heterocycles. The molecule has 0 radical (unpaired) electrons. The molecule has 8 heteroatoms. The highest BCUT2D eigenvalue weighted by atomic mass is 16.5. The van der Waals surface area contributed by atoms with E-state index in [1.165, 1.54) is 0 Å². The minimum Gasteiger partial charge on any atom is -0.493 e. The molecule has 4 bridgehead atoms. The average Bonchev–Trinajstić information content (AvgIpc) is 3.18. The highest BCUT2D eigenvalue weighted by molar-refractivity contribution is 5.89. The van der Waals surface area contributed by atoms with Gasteiger partial charge in [0.2, 0.25) is 5.75 Å². The second kappa shape index (κ2) is 15.0. The molecule has 0 saturated carbocycles. The van der Waals surface area contributed by atoms with Crippen molar-refractivity contribution in [3.63, 3.8) is 0 Å². The summed E-state index contributed by atoms with van der Waals surface area (Å²) in [6, 6.07) is 13.1. The molecule has 8 nitrogen and oxygen atoms in total. The van der Waals surface area contributed by atoms with Crippen LogP contribution in [0.1, 0.15) is 48.0 Å². The summed E-state index contributed by atoms with van der Waals surface area (Å²) in [5.74, 6) is 1.56. The van der Waals surface area contributed by atoms with Gasteiger partial charge in [0.15, 0.2) is 11.5 Å². The lowest BCUT2D eigenvalue weighted by Crippen LogP contribution is -2.34. The van der Waals surface area contributed by atoms with Crippen molar-refractivity contribution in [3.8, 4) is 17.2 Å². The quantitative estimate of drug-likeness (QED) is 0.543. The van der Waals surface area contributed by atoms with E-state index in [0.717, 1.165) is 76.9 Å². The first-order valence-corrected chi connectivity index (χ1v) is 13.8. The van der Waals surface area contributed by atoms with Crippen LogP contribution < -0.4 is 14.2 Å². The van der Waals surface area contributed by atoms with Crippen molar-refractivity contribution in [2.75, 3.05) is 66.7 Å². The molecule has 2 aliphatic rings. The Bertz CT molecular complexity index is 1000. The van der Waals surface area contributed by atoms with Crippen LogP contribution in [0.25, 0.3) is 0 Å². The molecule has 3 unspecified atom stereocenters. The topological polar surface area (TPSA) is 69.7 Å². The lowest BCUT2D eigenvalue weighted by atomic mass is 10.1. The zero-order valence-electron chi connectivity index (χ0n) is 22.9. The summed E-state index contributed by atoms with van der Waals surface area (Å²) in [5, 5.41) is 0. The summed E-state index contributed by atoms with van der Waals surface area (Å²) in [6.07, 6.45) is 4.24. The van der Waals surface area contributed by atoms with Crippen molar-refractivity contribution in [1.29, 1.82) is 0 Å². The highest BCUT2D eigenvalue weighted by Crippen LogP contribution is 2.38. The zero-order valence-corrected chi connectivity index (χ0v) is 22.9. The van der Waals surface area contributed by atoms with Gasteiger partial charge >= 0.3 is 5.97 Å². The number of fused-ring (bicyclic) bond motifs is 5. The number of methoxy groups -OCH3 is 2. The van der Waals surface area contributed by atoms with Crippen LogP contribution in [0.5, 0.6) is 17.2 Å². The van der Waals surface area contributed by atoms with Crippen molar-refractivity contribution < 1.29 is 28.5 Å². The minimum absolute atomic E-state index is 0.177. The fraction of sp³-hybridized carbons (Fsp3) is 0.567. The standard InChI is InChI=1S/C30H42N2O6/c1-34-27-21-24-22-28(29(27)35-2)37-20-6-11-26(38-30(33)25-9-4-3-5-10-25)12-16-32-14-7-13-31(17-18-32)15-8-19-36-23-24/h3-5,9-10,21-22,26H,6-8,11-20,23H2,1-2H3. The Morgan fingerprint density at radius 1 is 0.842 bits per heavy atom. The largest absolute Gasteiger partial charge is 0.493 e. The molecule has 2 aliphatic heterocycles. The fourth-order valence-corrected chi connectivity index (χ4v) is 5.10. The van der Waals surface area contributed by atoms with Crippen LogP contribution in [0.4, 0.5) is 0 Å². The smallest absolute Gasteiger partial charge is 0.338 e. The van der Waals surface area contributed by atoms with Crippen LogP contribution in [-0.2, 0) is 16.1 Å². The van der Waals surface area contributed by atoms with Gasteiger partial charge in [-0.2, -0.15) is 0 Å². The summed E-state index contributed by atoms with van der Waals surface area (Å²) in [6.45, 7) is 7.90. The Hall–Kier alpha value is -2.81. The Labute approximate surface area is 226 Å². The molecule has 2 aromatic carbocycles. The van der Waals surface area contributed by atoms with E-state index in [2.05, 4.69) is 9.80 Å². The highest BCUT2D eigenvalue weighted by Gasteiger charge is 2.21.